The molecule has 0 aliphatic heterocycles. The summed E-state index contributed by atoms with van der Waals surface area (Å²) in [6, 6.07) is 6.75. The second-order valence-electron chi connectivity index (χ2n) is 4.06. The molecule has 0 bridgehead atoms. The summed E-state index contributed by atoms with van der Waals surface area (Å²) in [5.74, 6) is 0. The molecule has 0 fully saturated rings. The van der Waals surface area contributed by atoms with Gasteiger partial charge in [0.1, 0.15) is 0 Å². The Balaban J connectivity index is 2.23. The van der Waals surface area contributed by atoms with Crippen molar-refractivity contribution in [3.8, 4) is 5.69 Å². The van der Waals surface area contributed by atoms with Crippen molar-refractivity contribution in [3.63, 3.8) is 0 Å². The first kappa shape index (κ1) is 10.5. The smallest absolute Gasteiger partial charge is 0.271 e. The molecule has 0 aliphatic carbocycles. The number of benzene rings is 1. The van der Waals surface area contributed by atoms with E-state index in [2.05, 4.69) is 5.10 Å². The Morgan fingerprint density at radius 3 is 2.83 bits per heavy atom. The molecule has 0 saturated carbocycles. The standard InChI is InChI=1S/C12H10N4O2/c1-14-8-11(7-13-14)15-5-4-9-2-3-10(16(17)18)6-12(9)15/h2-8H,1H3. The van der Waals surface area contributed by atoms with E-state index in [0.717, 1.165) is 16.6 Å². The van der Waals surface area contributed by atoms with Crippen LogP contribution in [0, 0.1) is 10.1 Å². The molecule has 0 unspecified atom stereocenters. The fraction of sp³-hybridized carbons (Fsp3) is 0.0833. The minimum Gasteiger partial charge on any atom is -0.313 e. The number of aryl methyl sites for hydroxylation is 1. The lowest BCUT2D eigenvalue weighted by molar-refractivity contribution is -0.384. The van der Waals surface area contributed by atoms with Gasteiger partial charge in [0.05, 0.1) is 22.3 Å². The van der Waals surface area contributed by atoms with Gasteiger partial charge in [-0.05, 0) is 12.1 Å². The summed E-state index contributed by atoms with van der Waals surface area (Å²) in [6.07, 6.45) is 5.46. The first-order valence-corrected chi connectivity index (χ1v) is 5.40. The van der Waals surface area contributed by atoms with Crippen molar-refractivity contribution in [1.82, 2.24) is 14.3 Å². The second kappa shape index (κ2) is 3.69. The van der Waals surface area contributed by atoms with Crippen molar-refractivity contribution in [2.45, 2.75) is 0 Å². The number of hydrogen-bond acceptors (Lipinski definition) is 3. The van der Waals surface area contributed by atoms with Crippen LogP contribution in [-0.4, -0.2) is 19.3 Å². The molecule has 0 amide bonds. The minimum atomic E-state index is -0.389. The van der Waals surface area contributed by atoms with Crippen molar-refractivity contribution >= 4 is 16.6 Å². The van der Waals surface area contributed by atoms with E-state index in [0.29, 0.717) is 0 Å². The number of non-ortho nitro benzene ring substituents is 1. The Kier molecular flexibility index (Phi) is 2.16. The van der Waals surface area contributed by atoms with Gasteiger partial charge in [0, 0.05) is 37.0 Å². The third kappa shape index (κ3) is 1.55. The van der Waals surface area contributed by atoms with Crippen molar-refractivity contribution in [2.75, 3.05) is 0 Å². The van der Waals surface area contributed by atoms with Crippen LogP contribution in [0.25, 0.3) is 16.6 Å². The van der Waals surface area contributed by atoms with Gasteiger partial charge >= 0.3 is 0 Å². The van der Waals surface area contributed by atoms with Crippen LogP contribution in [0.5, 0.6) is 0 Å². The van der Waals surface area contributed by atoms with Crippen LogP contribution in [0.1, 0.15) is 0 Å². The lowest BCUT2D eigenvalue weighted by Crippen LogP contribution is -1.92. The normalized spacial score (nSPS) is 10.9. The van der Waals surface area contributed by atoms with Gasteiger partial charge in [-0.1, -0.05) is 0 Å². The van der Waals surface area contributed by atoms with Gasteiger partial charge in [-0.25, -0.2) is 0 Å². The molecule has 2 aromatic heterocycles. The first-order valence-electron chi connectivity index (χ1n) is 5.40. The Morgan fingerprint density at radius 2 is 2.17 bits per heavy atom. The quantitative estimate of drug-likeness (QED) is 0.511. The Bertz CT molecular complexity index is 741. The fourth-order valence-corrected chi connectivity index (χ4v) is 1.99. The molecular weight excluding hydrogens is 232 g/mol. The molecule has 90 valence electrons. The van der Waals surface area contributed by atoms with Gasteiger partial charge in [-0.3, -0.25) is 14.8 Å². The second-order valence-corrected chi connectivity index (χ2v) is 4.06. The zero-order valence-corrected chi connectivity index (χ0v) is 9.65. The monoisotopic (exact) mass is 242 g/mol. The van der Waals surface area contributed by atoms with E-state index in [4.69, 9.17) is 0 Å². The van der Waals surface area contributed by atoms with E-state index in [-0.39, 0.29) is 10.6 Å². The van der Waals surface area contributed by atoms with E-state index in [9.17, 15) is 10.1 Å². The zero-order chi connectivity index (χ0) is 12.7. The largest absolute Gasteiger partial charge is 0.313 e. The van der Waals surface area contributed by atoms with E-state index < -0.39 is 0 Å². The molecule has 3 aromatic rings. The molecule has 6 nitrogen and oxygen atoms in total. The lowest BCUT2D eigenvalue weighted by Gasteiger charge is -2.01. The topological polar surface area (TPSA) is 65.9 Å². The maximum Gasteiger partial charge on any atom is 0.271 e. The molecule has 0 atom stereocenters. The summed E-state index contributed by atoms with van der Waals surface area (Å²) in [6.45, 7) is 0. The van der Waals surface area contributed by atoms with Crippen molar-refractivity contribution < 1.29 is 4.92 Å². The van der Waals surface area contributed by atoms with Crippen molar-refractivity contribution in [3.05, 3.63) is 53.0 Å². The highest BCUT2D eigenvalue weighted by Crippen LogP contribution is 2.24. The molecule has 0 aliphatic rings. The summed E-state index contributed by atoms with van der Waals surface area (Å²) < 4.78 is 3.58. The zero-order valence-electron chi connectivity index (χ0n) is 9.65. The Labute approximate surface area is 102 Å². The minimum absolute atomic E-state index is 0.0892. The Hall–Kier alpha value is -2.63. The molecule has 0 spiro atoms. The molecule has 0 radical (unpaired) electrons. The van der Waals surface area contributed by atoms with E-state index in [1.165, 1.54) is 6.07 Å². The predicted molar refractivity (Wildman–Crippen MR) is 66.7 cm³/mol. The molecule has 3 rings (SSSR count). The number of nitro groups is 1. The first-order chi connectivity index (χ1) is 8.65. The van der Waals surface area contributed by atoms with Gasteiger partial charge in [0.25, 0.3) is 5.69 Å². The summed E-state index contributed by atoms with van der Waals surface area (Å²) in [4.78, 5) is 10.4. The molecule has 2 heterocycles. The van der Waals surface area contributed by atoms with Crippen LogP contribution < -0.4 is 0 Å². The number of hydrogen-bond donors (Lipinski definition) is 0. The third-order valence-corrected chi connectivity index (χ3v) is 2.86. The van der Waals surface area contributed by atoms with Crippen LogP contribution in [0.2, 0.25) is 0 Å². The maximum atomic E-state index is 10.8. The maximum absolute atomic E-state index is 10.8. The summed E-state index contributed by atoms with van der Waals surface area (Å²) >= 11 is 0. The van der Waals surface area contributed by atoms with Crippen molar-refractivity contribution in [2.24, 2.45) is 7.05 Å². The third-order valence-electron chi connectivity index (χ3n) is 2.86. The van der Waals surface area contributed by atoms with Crippen LogP contribution >= 0.6 is 0 Å². The average molecular weight is 242 g/mol. The Morgan fingerprint density at radius 1 is 1.33 bits per heavy atom. The van der Waals surface area contributed by atoms with E-state index >= 15 is 0 Å². The molecule has 0 N–H and O–H groups in total. The number of aromatic nitrogens is 3. The van der Waals surface area contributed by atoms with Crippen molar-refractivity contribution in [1.29, 1.82) is 0 Å². The van der Waals surface area contributed by atoms with Gasteiger partial charge in [0.15, 0.2) is 0 Å². The van der Waals surface area contributed by atoms with Crippen LogP contribution in [0.3, 0.4) is 0 Å². The number of rotatable bonds is 2. The summed E-state index contributed by atoms with van der Waals surface area (Å²) in [5.41, 5.74) is 1.77. The molecule has 18 heavy (non-hydrogen) atoms. The van der Waals surface area contributed by atoms with E-state index in [1.807, 2.05) is 30.1 Å². The summed E-state index contributed by atoms with van der Waals surface area (Å²) in [7, 11) is 1.83. The van der Waals surface area contributed by atoms with Crippen LogP contribution in [0.15, 0.2) is 42.9 Å². The highest BCUT2D eigenvalue weighted by Gasteiger charge is 2.10. The van der Waals surface area contributed by atoms with Crippen LogP contribution in [-0.2, 0) is 7.05 Å². The molecule has 0 saturated heterocycles. The number of nitro benzene ring substituents is 1. The lowest BCUT2D eigenvalue weighted by atomic mass is 10.2. The number of fused-ring (bicyclic) bond motifs is 1. The van der Waals surface area contributed by atoms with Crippen LogP contribution in [0.4, 0.5) is 5.69 Å². The summed E-state index contributed by atoms with van der Waals surface area (Å²) in [5, 5.41) is 15.9. The molecule has 6 heteroatoms. The fourth-order valence-electron chi connectivity index (χ4n) is 1.99. The van der Waals surface area contributed by atoms with E-state index in [1.54, 1.807) is 23.0 Å². The van der Waals surface area contributed by atoms with Gasteiger partial charge in [0.2, 0.25) is 0 Å². The highest BCUT2D eigenvalue weighted by atomic mass is 16.6. The predicted octanol–water partition coefficient (Wildman–Crippen LogP) is 2.27. The number of nitrogens with zero attached hydrogens (tertiary/aromatic N) is 4. The SMILES string of the molecule is Cn1cc(-n2ccc3ccc([N+](=O)[O-])cc32)cn1. The molecular formula is C12H10N4O2. The average Bonchev–Trinajstić information content (AvgIpc) is 2.93. The molecule has 1 aromatic carbocycles. The van der Waals surface area contributed by atoms with Gasteiger partial charge in [-0.15, -0.1) is 0 Å². The van der Waals surface area contributed by atoms with Gasteiger partial charge in [-0.2, -0.15) is 5.10 Å². The highest BCUT2D eigenvalue weighted by molar-refractivity contribution is 5.84. The van der Waals surface area contributed by atoms with Gasteiger partial charge < -0.3 is 4.57 Å².